The molecular weight excluding hydrogens is 357 g/mol. The minimum Gasteiger partial charge on any atom is -0.313 e. The van der Waals surface area contributed by atoms with Crippen LogP contribution in [0.15, 0.2) is 43.0 Å². The van der Waals surface area contributed by atoms with Crippen LogP contribution in [0.5, 0.6) is 0 Å². The van der Waals surface area contributed by atoms with Crippen LogP contribution < -0.4 is 5.62 Å². The zero-order valence-corrected chi connectivity index (χ0v) is 15.4. The zero-order valence-electron chi connectivity index (χ0n) is 13.9. The van der Waals surface area contributed by atoms with Crippen molar-refractivity contribution in [2.45, 2.75) is 13.5 Å². The average molecular weight is 374 g/mol. The Balaban J connectivity index is 2.12. The van der Waals surface area contributed by atoms with Gasteiger partial charge in [-0.05, 0) is 36.8 Å². The Morgan fingerprint density at radius 2 is 1.92 bits per heavy atom. The molecule has 25 heavy (non-hydrogen) atoms. The van der Waals surface area contributed by atoms with Crippen LogP contribution in [0.25, 0.3) is 16.6 Å². The van der Waals surface area contributed by atoms with E-state index in [2.05, 4.69) is 6.58 Å². The number of ketones is 1. The van der Waals surface area contributed by atoms with E-state index in [0.717, 1.165) is 22.2 Å². The topological polar surface area (TPSA) is 50.8 Å². The summed E-state index contributed by atoms with van der Waals surface area (Å²) in [5.74, 6) is -0.173. The molecule has 1 aromatic heterocycles. The Bertz CT molecular complexity index is 1080. The monoisotopic (exact) mass is 373 g/mol. The Morgan fingerprint density at radius 3 is 2.56 bits per heavy atom. The quantitative estimate of drug-likeness (QED) is 0.663. The van der Waals surface area contributed by atoms with Gasteiger partial charge in [-0.15, -0.1) is 0 Å². The Labute approximate surface area is 155 Å². The third kappa shape index (κ3) is 3.03. The van der Waals surface area contributed by atoms with Gasteiger partial charge in [0.15, 0.2) is 5.78 Å². The molecule has 0 atom stereocenters. The molecule has 0 spiro atoms. The third-order valence-electron chi connectivity index (χ3n) is 4.21. The minimum atomic E-state index is -0.173. The number of nitrogens with zero attached hydrogens (tertiary/aromatic N) is 2. The molecule has 0 saturated heterocycles. The molecular formula is C19H17Cl2N3O. The van der Waals surface area contributed by atoms with E-state index in [1.54, 1.807) is 27.3 Å². The molecule has 0 radical (unpaired) electrons. The lowest BCUT2D eigenvalue weighted by Crippen LogP contribution is -2.26. The summed E-state index contributed by atoms with van der Waals surface area (Å²) in [7, 11) is 1.81. The lowest BCUT2D eigenvalue weighted by Gasteiger charge is -2.07. The van der Waals surface area contributed by atoms with Gasteiger partial charge in [-0.25, -0.2) is 0 Å². The maximum absolute atomic E-state index is 12.7. The summed E-state index contributed by atoms with van der Waals surface area (Å²) in [4.78, 5) is 12.7. The first kappa shape index (κ1) is 17.5. The average Bonchev–Trinajstić information content (AvgIpc) is 2.79. The highest BCUT2D eigenvalue weighted by atomic mass is 35.5. The zero-order chi connectivity index (χ0) is 18.3. The Hall–Kier alpha value is -2.30. The van der Waals surface area contributed by atoms with Crippen molar-refractivity contribution in [1.82, 2.24) is 9.13 Å². The number of hydrogen-bond acceptors (Lipinski definition) is 2. The summed E-state index contributed by atoms with van der Waals surface area (Å²) < 4.78 is 3.44. The van der Waals surface area contributed by atoms with Crippen LogP contribution >= 0.6 is 23.2 Å². The lowest BCUT2D eigenvalue weighted by atomic mass is 10.1. The van der Waals surface area contributed by atoms with Crippen molar-refractivity contribution >= 4 is 45.6 Å². The van der Waals surface area contributed by atoms with Crippen LogP contribution in [0.1, 0.15) is 22.8 Å². The minimum absolute atomic E-state index is 0.0250. The van der Waals surface area contributed by atoms with Crippen LogP contribution in [0.4, 0.5) is 0 Å². The number of carbonyl (C=O) groups is 1. The van der Waals surface area contributed by atoms with E-state index < -0.39 is 0 Å². The second kappa shape index (κ2) is 6.54. The number of Topliss-reactive ketones (excluding diaryl/α,β-unsaturated/α-hetero) is 1. The van der Waals surface area contributed by atoms with E-state index in [0.29, 0.717) is 15.6 Å². The van der Waals surface area contributed by atoms with Gasteiger partial charge in [-0.1, -0.05) is 41.9 Å². The van der Waals surface area contributed by atoms with E-state index in [9.17, 15) is 4.79 Å². The Morgan fingerprint density at radius 1 is 1.20 bits per heavy atom. The molecule has 0 unspecified atom stereocenters. The van der Waals surface area contributed by atoms with E-state index in [-0.39, 0.29) is 17.9 Å². The first-order valence-corrected chi connectivity index (χ1v) is 8.44. The molecule has 6 heteroatoms. The number of allylic oxidation sites excluding steroid dienone is 1. The summed E-state index contributed by atoms with van der Waals surface area (Å²) in [6.45, 7) is 5.95. The molecule has 2 aromatic carbocycles. The van der Waals surface area contributed by atoms with E-state index in [1.807, 2.05) is 32.2 Å². The number of para-hydroxylation sites is 1. The SMILES string of the molecule is C=C(C)c1cccc2c1n(C)c(=N)n2CC(=O)c1ccc(Cl)cc1Cl. The molecule has 0 bridgehead atoms. The second-order valence-corrected chi connectivity index (χ2v) is 6.81. The molecule has 128 valence electrons. The van der Waals surface area contributed by atoms with Crippen molar-refractivity contribution in [1.29, 1.82) is 5.41 Å². The lowest BCUT2D eigenvalue weighted by molar-refractivity contribution is 0.0971. The highest BCUT2D eigenvalue weighted by Crippen LogP contribution is 2.25. The van der Waals surface area contributed by atoms with Crippen molar-refractivity contribution in [3.8, 4) is 0 Å². The van der Waals surface area contributed by atoms with Crippen molar-refractivity contribution in [3.63, 3.8) is 0 Å². The van der Waals surface area contributed by atoms with Gasteiger partial charge in [0.05, 0.1) is 22.6 Å². The van der Waals surface area contributed by atoms with E-state index in [4.69, 9.17) is 28.6 Å². The van der Waals surface area contributed by atoms with Gasteiger partial charge in [0.2, 0.25) is 5.62 Å². The number of benzene rings is 2. The highest BCUT2D eigenvalue weighted by molar-refractivity contribution is 6.36. The summed E-state index contributed by atoms with van der Waals surface area (Å²) in [5, 5.41) is 9.19. The molecule has 0 saturated carbocycles. The predicted molar refractivity (Wildman–Crippen MR) is 102 cm³/mol. The van der Waals surface area contributed by atoms with Crippen molar-refractivity contribution in [3.05, 3.63) is 69.8 Å². The Kier molecular flexibility index (Phi) is 4.58. The number of rotatable bonds is 4. The van der Waals surface area contributed by atoms with Gasteiger partial charge in [0.25, 0.3) is 0 Å². The first-order chi connectivity index (χ1) is 11.8. The maximum atomic E-state index is 12.7. The fourth-order valence-electron chi connectivity index (χ4n) is 2.95. The van der Waals surface area contributed by atoms with E-state index >= 15 is 0 Å². The van der Waals surface area contributed by atoms with Crippen LogP contribution in [0.2, 0.25) is 10.0 Å². The van der Waals surface area contributed by atoms with Crippen LogP contribution in [-0.2, 0) is 13.6 Å². The molecule has 0 aliphatic rings. The maximum Gasteiger partial charge on any atom is 0.203 e. The summed E-state index contributed by atoms with van der Waals surface area (Å²) in [6.07, 6.45) is 0. The second-order valence-electron chi connectivity index (χ2n) is 5.97. The number of nitrogens with one attached hydrogen (secondary N) is 1. The molecule has 1 N–H and O–H groups in total. The van der Waals surface area contributed by atoms with Crippen LogP contribution in [0.3, 0.4) is 0 Å². The summed E-state index contributed by atoms with van der Waals surface area (Å²) >= 11 is 12.0. The van der Waals surface area contributed by atoms with Crippen LogP contribution in [-0.4, -0.2) is 14.9 Å². The normalized spacial score (nSPS) is 11.0. The number of fused-ring (bicyclic) bond motifs is 1. The van der Waals surface area contributed by atoms with Crippen molar-refractivity contribution in [2.24, 2.45) is 7.05 Å². The van der Waals surface area contributed by atoms with Gasteiger partial charge in [-0.3, -0.25) is 10.2 Å². The molecule has 3 rings (SSSR count). The highest BCUT2D eigenvalue weighted by Gasteiger charge is 2.17. The fraction of sp³-hybridized carbons (Fsp3) is 0.158. The summed E-state index contributed by atoms with van der Waals surface area (Å²) in [6, 6.07) is 10.6. The van der Waals surface area contributed by atoms with Gasteiger partial charge in [-0.2, -0.15) is 0 Å². The number of imidazole rings is 1. The van der Waals surface area contributed by atoms with Crippen LogP contribution in [0, 0.1) is 5.41 Å². The first-order valence-electron chi connectivity index (χ1n) is 7.68. The van der Waals surface area contributed by atoms with Crippen molar-refractivity contribution < 1.29 is 4.79 Å². The third-order valence-corrected chi connectivity index (χ3v) is 4.76. The largest absolute Gasteiger partial charge is 0.313 e. The molecule has 0 amide bonds. The number of hydrogen-bond donors (Lipinski definition) is 1. The molecule has 3 aromatic rings. The molecule has 4 nitrogen and oxygen atoms in total. The smallest absolute Gasteiger partial charge is 0.203 e. The van der Waals surface area contributed by atoms with Gasteiger partial charge < -0.3 is 9.13 Å². The molecule has 0 fully saturated rings. The number of halogens is 2. The van der Waals surface area contributed by atoms with Crippen molar-refractivity contribution in [2.75, 3.05) is 0 Å². The number of aromatic nitrogens is 2. The summed E-state index contributed by atoms with van der Waals surface area (Å²) in [5.41, 5.74) is 4.20. The van der Waals surface area contributed by atoms with Gasteiger partial charge in [0, 0.05) is 23.2 Å². The standard InChI is InChI=1S/C19H17Cl2N3O/c1-11(2)13-5-4-6-16-18(13)23(3)19(22)24(16)10-17(25)14-8-7-12(20)9-15(14)21/h4-9,22H,1,10H2,2-3H3. The number of aryl methyl sites for hydroxylation is 1. The van der Waals surface area contributed by atoms with Gasteiger partial charge in [0.1, 0.15) is 0 Å². The predicted octanol–water partition coefficient (Wildman–Crippen LogP) is 4.68. The van der Waals surface area contributed by atoms with E-state index in [1.165, 1.54) is 0 Å². The fourth-order valence-corrected chi connectivity index (χ4v) is 3.47. The molecule has 0 aliphatic heterocycles. The number of carbonyl (C=O) groups excluding carboxylic acids is 1. The van der Waals surface area contributed by atoms with Gasteiger partial charge >= 0.3 is 0 Å². The molecule has 0 aliphatic carbocycles. The molecule has 1 heterocycles.